The van der Waals surface area contributed by atoms with E-state index in [4.69, 9.17) is 5.26 Å². The number of Topliss-reactive ketones (excluding diaryl/α,β-unsaturated/α-hetero) is 1. The highest BCUT2D eigenvalue weighted by Gasteiger charge is 2.21. The minimum absolute atomic E-state index is 0.445. The number of nitriles is 1. The second kappa shape index (κ2) is 5.49. The summed E-state index contributed by atoms with van der Waals surface area (Å²) in [7, 11) is 0. The molecule has 0 heterocycles. The highest BCUT2D eigenvalue weighted by Crippen LogP contribution is 2.31. The predicted molar refractivity (Wildman–Crippen MR) is 52.8 cm³/mol. The van der Waals surface area contributed by atoms with Crippen LogP contribution in [0.3, 0.4) is 0 Å². The number of hydrogen-bond acceptors (Lipinski definition) is 3. The van der Waals surface area contributed by atoms with Gasteiger partial charge in [-0.1, -0.05) is 0 Å². The first-order valence-electron chi connectivity index (χ1n) is 4.68. The van der Waals surface area contributed by atoms with E-state index in [9.17, 15) is 22.4 Å². The van der Waals surface area contributed by atoms with Crippen LogP contribution >= 0.6 is 0 Å². The van der Waals surface area contributed by atoms with Crippen molar-refractivity contribution in [2.24, 2.45) is 0 Å². The Hall–Kier alpha value is -2.10. The van der Waals surface area contributed by atoms with Gasteiger partial charge in [0.15, 0.2) is 5.78 Å². The molecule has 0 aliphatic heterocycles. The van der Waals surface area contributed by atoms with E-state index in [1.165, 1.54) is 6.07 Å². The van der Waals surface area contributed by atoms with Gasteiger partial charge in [0.2, 0.25) is 0 Å². The zero-order chi connectivity index (χ0) is 13.9. The Kier molecular flexibility index (Phi) is 4.26. The molecule has 3 nitrogen and oxygen atoms in total. The topological polar surface area (TPSA) is 50.1 Å². The zero-order valence-corrected chi connectivity index (χ0v) is 9.08. The number of ether oxygens (including phenoxy) is 1. The highest BCUT2D eigenvalue weighted by atomic mass is 19.3. The number of carbonyl (C=O) groups excluding carboxylic acids is 1. The Morgan fingerprint density at radius 3 is 2.33 bits per heavy atom. The minimum atomic E-state index is -3.21. The fraction of sp³-hybridized carbons (Fsp3) is 0.273. The van der Waals surface area contributed by atoms with E-state index in [0.29, 0.717) is 6.07 Å². The Morgan fingerprint density at radius 1 is 1.33 bits per heavy atom. The Morgan fingerprint density at radius 2 is 1.94 bits per heavy atom. The summed E-state index contributed by atoms with van der Waals surface area (Å²) in [4.78, 5) is 11.1. The number of ketones is 1. The Labute approximate surface area is 99.6 Å². The van der Waals surface area contributed by atoms with Gasteiger partial charge in [-0.25, -0.2) is 8.78 Å². The molecule has 0 aromatic heterocycles. The van der Waals surface area contributed by atoms with Gasteiger partial charge in [-0.15, -0.1) is 0 Å². The third kappa shape index (κ3) is 2.97. The van der Waals surface area contributed by atoms with E-state index in [1.807, 2.05) is 0 Å². The van der Waals surface area contributed by atoms with Gasteiger partial charge in [0.1, 0.15) is 11.8 Å². The minimum Gasteiger partial charge on any atom is -0.433 e. The average Bonchev–Trinajstić information content (AvgIpc) is 2.27. The van der Waals surface area contributed by atoms with Gasteiger partial charge >= 0.3 is 6.61 Å². The summed E-state index contributed by atoms with van der Waals surface area (Å²) in [6.45, 7) is -2.20. The molecule has 0 atom stereocenters. The molecule has 0 fully saturated rings. The van der Waals surface area contributed by atoms with Crippen molar-refractivity contribution in [3.8, 4) is 11.8 Å². The SMILES string of the molecule is CC(=O)c1cc(OC(F)F)c(C#N)cc1C(F)F. The lowest BCUT2D eigenvalue weighted by molar-refractivity contribution is -0.0501. The van der Waals surface area contributed by atoms with Crippen LogP contribution in [-0.4, -0.2) is 12.4 Å². The second-order valence-electron chi connectivity index (χ2n) is 3.28. The summed E-state index contributed by atoms with van der Waals surface area (Å²) in [5, 5.41) is 8.66. The molecule has 0 saturated carbocycles. The molecule has 0 saturated heterocycles. The van der Waals surface area contributed by atoms with Crippen LogP contribution < -0.4 is 4.74 Å². The van der Waals surface area contributed by atoms with Crippen LogP contribution in [0.4, 0.5) is 17.6 Å². The molecule has 0 unspecified atom stereocenters. The third-order valence-electron chi connectivity index (χ3n) is 2.10. The van der Waals surface area contributed by atoms with E-state index in [1.54, 1.807) is 0 Å². The van der Waals surface area contributed by atoms with Crippen LogP contribution in [0.25, 0.3) is 0 Å². The average molecular weight is 261 g/mol. The van der Waals surface area contributed by atoms with Crippen LogP contribution in [-0.2, 0) is 0 Å². The van der Waals surface area contributed by atoms with Crippen molar-refractivity contribution in [3.05, 3.63) is 28.8 Å². The monoisotopic (exact) mass is 261 g/mol. The third-order valence-corrected chi connectivity index (χ3v) is 2.10. The molecular formula is C11H7F4NO2. The molecule has 0 N–H and O–H groups in total. The molecule has 96 valence electrons. The number of carbonyl (C=O) groups is 1. The summed E-state index contributed by atoms with van der Waals surface area (Å²) < 4.78 is 53.4. The zero-order valence-electron chi connectivity index (χ0n) is 9.08. The number of halogens is 4. The molecule has 0 amide bonds. The van der Waals surface area contributed by atoms with Crippen LogP contribution in [0.15, 0.2) is 12.1 Å². The van der Waals surface area contributed by atoms with Gasteiger partial charge in [0.05, 0.1) is 5.56 Å². The molecule has 0 radical (unpaired) electrons. The Bertz CT molecular complexity index is 509. The normalized spacial score (nSPS) is 10.6. The lowest BCUT2D eigenvalue weighted by Crippen LogP contribution is -2.07. The van der Waals surface area contributed by atoms with Crippen LogP contribution in [0, 0.1) is 11.3 Å². The predicted octanol–water partition coefficient (Wildman–Crippen LogP) is 3.30. The van der Waals surface area contributed by atoms with Crippen molar-refractivity contribution in [1.82, 2.24) is 0 Å². The summed E-state index contributed by atoms with van der Waals surface area (Å²) in [5.41, 5.74) is -1.60. The van der Waals surface area contributed by atoms with E-state index >= 15 is 0 Å². The number of alkyl halides is 4. The molecule has 0 aliphatic carbocycles. The van der Waals surface area contributed by atoms with Crippen molar-refractivity contribution >= 4 is 5.78 Å². The molecule has 7 heteroatoms. The molecule has 0 spiro atoms. The van der Waals surface area contributed by atoms with Crippen molar-refractivity contribution in [1.29, 1.82) is 5.26 Å². The van der Waals surface area contributed by atoms with Crippen LogP contribution in [0.2, 0.25) is 0 Å². The highest BCUT2D eigenvalue weighted by molar-refractivity contribution is 5.96. The van der Waals surface area contributed by atoms with Gasteiger partial charge < -0.3 is 4.74 Å². The van der Waals surface area contributed by atoms with Gasteiger partial charge in [-0.3, -0.25) is 4.79 Å². The molecule has 0 bridgehead atoms. The smallest absolute Gasteiger partial charge is 0.387 e. The molecule has 1 rings (SSSR count). The van der Waals surface area contributed by atoms with Crippen molar-refractivity contribution in [2.45, 2.75) is 20.0 Å². The fourth-order valence-corrected chi connectivity index (χ4v) is 1.36. The fourth-order valence-electron chi connectivity index (χ4n) is 1.36. The quantitative estimate of drug-likeness (QED) is 0.617. The van der Waals surface area contributed by atoms with Crippen molar-refractivity contribution in [2.75, 3.05) is 0 Å². The van der Waals surface area contributed by atoms with E-state index in [2.05, 4.69) is 4.74 Å². The maximum absolute atomic E-state index is 12.6. The standard InChI is InChI=1S/C11H7F4NO2/c1-5(17)7-3-9(18-11(14)15)6(4-16)2-8(7)10(12)13/h2-3,10-11H,1H3. The summed E-state index contributed by atoms with van der Waals surface area (Å²) in [6, 6.07) is 2.87. The number of benzene rings is 1. The molecule has 0 aliphatic rings. The number of hydrogen-bond donors (Lipinski definition) is 0. The summed E-state index contributed by atoms with van der Waals surface area (Å²) in [5.74, 6) is -1.32. The molecule has 18 heavy (non-hydrogen) atoms. The van der Waals surface area contributed by atoms with Gasteiger partial charge in [0.25, 0.3) is 6.43 Å². The molecular weight excluding hydrogens is 254 g/mol. The first kappa shape index (κ1) is 14.0. The lowest BCUT2D eigenvalue weighted by atomic mass is 10.0. The van der Waals surface area contributed by atoms with Gasteiger partial charge in [-0.05, 0) is 19.1 Å². The van der Waals surface area contributed by atoms with E-state index in [0.717, 1.165) is 13.0 Å². The summed E-state index contributed by atoms with van der Waals surface area (Å²) >= 11 is 0. The van der Waals surface area contributed by atoms with Crippen LogP contribution in [0.5, 0.6) is 5.75 Å². The number of nitrogens with zero attached hydrogens (tertiary/aromatic N) is 1. The lowest BCUT2D eigenvalue weighted by Gasteiger charge is -2.11. The summed E-state index contributed by atoms with van der Waals surface area (Å²) in [6.07, 6.45) is -2.99. The van der Waals surface area contributed by atoms with Crippen LogP contribution in [0.1, 0.15) is 34.8 Å². The van der Waals surface area contributed by atoms with Crippen molar-refractivity contribution in [3.63, 3.8) is 0 Å². The first-order chi connectivity index (χ1) is 8.36. The maximum Gasteiger partial charge on any atom is 0.387 e. The van der Waals surface area contributed by atoms with Gasteiger partial charge in [0, 0.05) is 11.1 Å². The molecule has 1 aromatic carbocycles. The largest absolute Gasteiger partial charge is 0.433 e. The van der Waals surface area contributed by atoms with E-state index < -0.39 is 41.3 Å². The maximum atomic E-state index is 12.6. The Balaban J connectivity index is 3.42. The van der Waals surface area contributed by atoms with Gasteiger partial charge in [-0.2, -0.15) is 14.0 Å². The number of rotatable bonds is 4. The molecule has 1 aromatic rings. The van der Waals surface area contributed by atoms with Crippen molar-refractivity contribution < 1.29 is 27.1 Å². The first-order valence-corrected chi connectivity index (χ1v) is 4.68. The van der Waals surface area contributed by atoms with E-state index in [-0.39, 0.29) is 0 Å². The second-order valence-corrected chi connectivity index (χ2v) is 3.28.